The molecule has 0 saturated heterocycles. The van der Waals surface area contributed by atoms with Crippen molar-refractivity contribution < 1.29 is 4.79 Å². The van der Waals surface area contributed by atoms with Crippen LogP contribution in [0.15, 0.2) is 12.3 Å². The summed E-state index contributed by atoms with van der Waals surface area (Å²) in [5.74, 6) is 0.410. The predicted octanol–water partition coefficient (Wildman–Crippen LogP) is 0.844. The molecule has 0 radical (unpaired) electrons. The van der Waals surface area contributed by atoms with Crippen LogP contribution in [0.4, 0.5) is 5.95 Å². The first-order valence-corrected chi connectivity index (χ1v) is 6.32. The molecule has 9 heteroatoms. The maximum Gasteiger partial charge on any atom is 0.273 e. The Labute approximate surface area is 120 Å². The summed E-state index contributed by atoms with van der Waals surface area (Å²) in [5, 5.41) is 7.13. The number of anilines is 1. The fourth-order valence-electron chi connectivity index (χ4n) is 1.46. The maximum absolute atomic E-state index is 11.8. The van der Waals surface area contributed by atoms with Crippen molar-refractivity contribution in [1.82, 2.24) is 29.6 Å². The summed E-state index contributed by atoms with van der Waals surface area (Å²) in [6, 6.07) is 1.59. The third-order valence-electron chi connectivity index (χ3n) is 2.35. The van der Waals surface area contributed by atoms with Gasteiger partial charge >= 0.3 is 0 Å². The second kappa shape index (κ2) is 5.83. The zero-order valence-electron chi connectivity index (χ0n) is 11.3. The molecule has 1 amide bonds. The number of nitrogens with one attached hydrogen (secondary N) is 1. The molecule has 0 atom stereocenters. The Morgan fingerprint density at radius 3 is 2.80 bits per heavy atom. The lowest BCUT2D eigenvalue weighted by Crippen LogP contribution is -2.22. The zero-order chi connectivity index (χ0) is 14.7. The van der Waals surface area contributed by atoms with Gasteiger partial charge in [0.25, 0.3) is 11.9 Å². The van der Waals surface area contributed by atoms with Gasteiger partial charge in [0.05, 0.1) is 0 Å². The highest BCUT2D eigenvalue weighted by Gasteiger charge is 2.14. The van der Waals surface area contributed by atoms with Gasteiger partial charge in [-0.2, -0.15) is 20.1 Å². The van der Waals surface area contributed by atoms with Gasteiger partial charge < -0.3 is 10.2 Å². The first-order valence-electron chi connectivity index (χ1n) is 5.94. The molecule has 8 nitrogen and oxygen atoms in total. The first-order chi connectivity index (χ1) is 9.51. The SMILES string of the molecule is CCNc1nc(Cl)nc(-n2ccc(C(=O)N(C)C)n2)n1. The summed E-state index contributed by atoms with van der Waals surface area (Å²) < 4.78 is 1.38. The molecule has 0 aliphatic heterocycles. The number of halogens is 1. The lowest BCUT2D eigenvalue weighted by molar-refractivity contribution is 0.0821. The van der Waals surface area contributed by atoms with Crippen LogP contribution in [0.1, 0.15) is 17.4 Å². The maximum atomic E-state index is 11.8. The van der Waals surface area contributed by atoms with Crippen LogP contribution in [0, 0.1) is 0 Å². The second-order valence-corrected chi connectivity index (χ2v) is 4.44. The average Bonchev–Trinajstić information content (AvgIpc) is 2.87. The van der Waals surface area contributed by atoms with E-state index in [0.717, 1.165) is 0 Å². The molecular weight excluding hydrogens is 282 g/mol. The summed E-state index contributed by atoms with van der Waals surface area (Å²) in [5.41, 5.74) is 0.302. The Hall–Kier alpha value is -2.22. The van der Waals surface area contributed by atoms with E-state index in [2.05, 4.69) is 25.4 Å². The van der Waals surface area contributed by atoms with E-state index in [1.807, 2.05) is 6.92 Å². The van der Waals surface area contributed by atoms with Crippen molar-refractivity contribution in [1.29, 1.82) is 0 Å². The standard InChI is InChI=1S/C11H14ClN7O/c1-4-13-10-14-9(12)15-11(16-10)19-6-5-7(17-19)8(20)18(2)3/h5-6H,4H2,1-3H3,(H,13,14,15,16). The minimum absolute atomic E-state index is 0.0573. The highest BCUT2D eigenvalue weighted by molar-refractivity contribution is 6.28. The molecule has 0 unspecified atom stereocenters. The molecule has 2 aromatic heterocycles. The number of rotatable bonds is 4. The Bertz CT molecular complexity index is 625. The van der Waals surface area contributed by atoms with E-state index in [1.165, 1.54) is 9.58 Å². The van der Waals surface area contributed by atoms with Crippen molar-refractivity contribution >= 4 is 23.5 Å². The Balaban J connectivity index is 2.34. The van der Waals surface area contributed by atoms with Crippen molar-refractivity contribution in [3.8, 4) is 5.95 Å². The van der Waals surface area contributed by atoms with Crippen LogP contribution >= 0.6 is 11.6 Å². The van der Waals surface area contributed by atoms with Gasteiger partial charge in [-0.05, 0) is 24.6 Å². The molecule has 1 N–H and O–H groups in total. The number of hydrogen-bond acceptors (Lipinski definition) is 6. The van der Waals surface area contributed by atoms with Gasteiger partial charge in [-0.3, -0.25) is 4.79 Å². The quantitative estimate of drug-likeness (QED) is 0.899. The van der Waals surface area contributed by atoms with E-state index in [-0.39, 0.29) is 17.1 Å². The van der Waals surface area contributed by atoms with Crippen molar-refractivity contribution in [2.75, 3.05) is 26.0 Å². The zero-order valence-corrected chi connectivity index (χ0v) is 12.1. The summed E-state index contributed by atoms with van der Waals surface area (Å²) in [7, 11) is 3.31. The largest absolute Gasteiger partial charge is 0.354 e. The van der Waals surface area contributed by atoms with E-state index < -0.39 is 0 Å². The molecule has 0 spiro atoms. The third-order valence-corrected chi connectivity index (χ3v) is 2.52. The van der Waals surface area contributed by atoms with Gasteiger partial charge in [0, 0.05) is 26.8 Å². The third kappa shape index (κ3) is 3.02. The molecule has 0 aliphatic rings. The van der Waals surface area contributed by atoms with E-state index in [9.17, 15) is 4.79 Å². The lowest BCUT2D eigenvalue weighted by Gasteiger charge is -2.07. The van der Waals surface area contributed by atoms with E-state index in [1.54, 1.807) is 26.4 Å². The van der Waals surface area contributed by atoms with E-state index >= 15 is 0 Å². The fourth-order valence-corrected chi connectivity index (χ4v) is 1.61. The van der Waals surface area contributed by atoms with Crippen LogP contribution in [0.2, 0.25) is 5.28 Å². The fraction of sp³-hybridized carbons (Fsp3) is 0.364. The van der Waals surface area contributed by atoms with Gasteiger partial charge in [-0.15, -0.1) is 0 Å². The van der Waals surface area contributed by atoms with Crippen molar-refractivity contribution in [3.63, 3.8) is 0 Å². The molecule has 0 fully saturated rings. The van der Waals surface area contributed by atoms with Gasteiger partial charge in [0.1, 0.15) is 0 Å². The van der Waals surface area contributed by atoms with Crippen LogP contribution < -0.4 is 5.32 Å². The molecular formula is C11H14ClN7O. The Morgan fingerprint density at radius 1 is 1.40 bits per heavy atom. The van der Waals surface area contributed by atoms with Gasteiger partial charge in [-0.1, -0.05) is 0 Å². The Morgan fingerprint density at radius 2 is 2.15 bits per heavy atom. The lowest BCUT2D eigenvalue weighted by atomic mass is 10.4. The van der Waals surface area contributed by atoms with Crippen LogP contribution in [0.5, 0.6) is 0 Å². The summed E-state index contributed by atoms with van der Waals surface area (Å²) in [4.78, 5) is 25.3. The second-order valence-electron chi connectivity index (χ2n) is 4.10. The summed E-state index contributed by atoms with van der Waals surface area (Å²) >= 11 is 5.84. The summed E-state index contributed by atoms with van der Waals surface area (Å²) in [6.45, 7) is 2.57. The molecule has 106 valence electrons. The number of amides is 1. The van der Waals surface area contributed by atoms with Crippen molar-refractivity contribution in [2.24, 2.45) is 0 Å². The molecule has 0 aliphatic carbocycles. The smallest absolute Gasteiger partial charge is 0.273 e. The van der Waals surface area contributed by atoms with Gasteiger partial charge in [0.2, 0.25) is 11.2 Å². The molecule has 0 aromatic carbocycles. The number of hydrogen-bond donors (Lipinski definition) is 1. The highest BCUT2D eigenvalue weighted by atomic mass is 35.5. The minimum Gasteiger partial charge on any atom is -0.354 e. The van der Waals surface area contributed by atoms with Gasteiger partial charge in [0.15, 0.2) is 5.69 Å². The average molecular weight is 296 g/mol. The first kappa shape index (κ1) is 14.2. The normalized spacial score (nSPS) is 10.4. The van der Waals surface area contributed by atoms with Crippen molar-refractivity contribution in [2.45, 2.75) is 6.92 Å². The predicted molar refractivity (Wildman–Crippen MR) is 74.1 cm³/mol. The molecule has 2 heterocycles. The van der Waals surface area contributed by atoms with E-state index in [0.29, 0.717) is 18.2 Å². The molecule has 0 saturated carbocycles. The number of aromatic nitrogens is 5. The van der Waals surface area contributed by atoms with Crippen LogP contribution in [0.3, 0.4) is 0 Å². The molecule has 20 heavy (non-hydrogen) atoms. The van der Waals surface area contributed by atoms with Gasteiger partial charge in [-0.25, -0.2) is 4.68 Å². The number of nitrogens with zero attached hydrogens (tertiary/aromatic N) is 6. The highest BCUT2D eigenvalue weighted by Crippen LogP contribution is 2.10. The topological polar surface area (TPSA) is 88.8 Å². The van der Waals surface area contributed by atoms with Crippen molar-refractivity contribution in [3.05, 3.63) is 23.2 Å². The minimum atomic E-state index is -0.198. The van der Waals surface area contributed by atoms with Crippen LogP contribution in [0.25, 0.3) is 5.95 Å². The summed E-state index contributed by atoms with van der Waals surface area (Å²) in [6.07, 6.45) is 1.60. The van der Waals surface area contributed by atoms with Crippen LogP contribution in [-0.4, -0.2) is 56.2 Å². The van der Waals surface area contributed by atoms with E-state index in [4.69, 9.17) is 11.6 Å². The van der Waals surface area contributed by atoms with Crippen LogP contribution in [-0.2, 0) is 0 Å². The number of carbonyl (C=O) groups excluding carboxylic acids is 1. The molecule has 2 rings (SSSR count). The molecule has 0 bridgehead atoms. The molecule has 2 aromatic rings. The Kier molecular flexibility index (Phi) is 4.14. The number of carbonyl (C=O) groups is 1. The monoisotopic (exact) mass is 295 g/mol.